The van der Waals surface area contributed by atoms with Gasteiger partial charge in [-0.15, -0.1) is 0 Å². The minimum Gasteiger partial charge on any atom is -0.480 e. The molecule has 1 amide bonds. The van der Waals surface area contributed by atoms with Crippen LogP contribution in [0.25, 0.3) is 0 Å². The number of esters is 1. The first-order chi connectivity index (χ1) is 12.3. The van der Waals surface area contributed by atoms with Crippen LogP contribution in [0.4, 0.5) is 0 Å². The molecule has 0 saturated heterocycles. The third kappa shape index (κ3) is 5.57. The van der Waals surface area contributed by atoms with Crippen LogP contribution in [0.2, 0.25) is 5.02 Å². The van der Waals surface area contributed by atoms with Crippen LogP contribution < -0.4 is 10.1 Å². The van der Waals surface area contributed by atoms with Gasteiger partial charge in [0.15, 0.2) is 0 Å². The van der Waals surface area contributed by atoms with Gasteiger partial charge in [0.05, 0.1) is 0 Å². The topological polar surface area (TPSA) is 92.7 Å². The van der Waals surface area contributed by atoms with E-state index >= 15 is 0 Å². The second-order valence-electron chi connectivity index (χ2n) is 5.42. The van der Waals surface area contributed by atoms with Crippen molar-refractivity contribution in [2.75, 3.05) is 0 Å². The quantitative estimate of drug-likeness (QED) is 0.530. The Morgan fingerprint density at radius 3 is 2.42 bits per heavy atom. The monoisotopic (exact) mass is 439 g/mol. The number of carbonyl (C=O) groups excluding carboxylic acids is 2. The Labute approximate surface area is 163 Å². The molecular formula is C18H15BrClNO5. The zero-order valence-corrected chi connectivity index (χ0v) is 16.0. The van der Waals surface area contributed by atoms with Crippen molar-refractivity contribution in [2.24, 2.45) is 0 Å². The summed E-state index contributed by atoms with van der Waals surface area (Å²) >= 11 is 9.28. The number of carbonyl (C=O) groups is 3. The van der Waals surface area contributed by atoms with Crippen molar-refractivity contribution in [1.29, 1.82) is 0 Å². The molecule has 26 heavy (non-hydrogen) atoms. The third-order valence-corrected chi connectivity index (χ3v) is 4.42. The molecule has 0 aliphatic rings. The van der Waals surface area contributed by atoms with E-state index in [9.17, 15) is 19.5 Å². The maximum absolute atomic E-state index is 12.3. The Bertz CT molecular complexity index is 838. The summed E-state index contributed by atoms with van der Waals surface area (Å²) in [7, 11) is 0. The predicted octanol–water partition coefficient (Wildman–Crippen LogP) is 3.45. The van der Waals surface area contributed by atoms with E-state index in [0.717, 1.165) is 0 Å². The fourth-order valence-corrected chi connectivity index (χ4v) is 2.80. The first kappa shape index (κ1) is 19.9. The Morgan fingerprint density at radius 2 is 1.85 bits per heavy atom. The first-order valence-electron chi connectivity index (χ1n) is 7.52. The number of halogens is 2. The van der Waals surface area contributed by atoms with Crippen LogP contribution in [-0.2, 0) is 16.0 Å². The minimum absolute atomic E-state index is 0.0632. The summed E-state index contributed by atoms with van der Waals surface area (Å²) in [5.41, 5.74) is 0.910. The molecule has 0 saturated carbocycles. The summed E-state index contributed by atoms with van der Waals surface area (Å²) in [6.45, 7) is 1.27. The Hall–Kier alpha value is -2.38. The molecule has 2 rings (SSSR count). The lowest BCUT2D eigenvalue weighted by molar-refractivity contribution is -0.139. The summed E-state index contributed by atoms with van der Waals surface area (Å²) in [6, 6.07) is 9.70. The molecule has 0 radical (unpaired) electrons. The van der Waals surface area contributed by atoms with Crippen molar-refractivity contribution in [1.82, 2.24) is 5.32 Å². The molecule has 0 aliphatic carbocycles. The summed E-state index contributed by atoms with van der Waals surface area (Å²) in [6.07, 6.45) is 0.0632. The highest BCUT2D eigenvalue weighted by Crippen LogP contribution is 2.22. The van der Waals surface area contributed by atoms with E-state index < -0.39 is 23.9 Å². The van der Waals surface area contributed by atoms with E-state index in [-0.39, 0.29) is 12.0 Å². The van der Waals surface area contributed by atoms with Crippen LogP contribution in [-0.4, -0.2) is 29.0 Å². The number of carboxylic acids is 1. The van der Waals surface area contributed by atoms with Gasteiger partial charge in [0.1, 0.15) is 11.8 Å². The van der Waals surface area contributed by atoms with Crippen molar-refractivity contribution in [2.45, 2.75) is 19.4 Å². The second-order valence-corrected chi connectivity index (χ2v) is 6.71. The summed E-state index contributed by atoms with van der Waals surface area (Å²) in [5.74, 6) is -1.89. The Morgan fingerprint density at radius 1 is 1.19 bits per heavy atom. The van der Waals surface area contributed by atoms with Crippen molar-refractivity contribution < 1.29 is 24.2 Å². The summed E-state index contributed by atoms with van der Waals surface area (Å²) < 4.78 is 5.59. The fourth-order valence-electron chi connectivity index (χ4n) is 2.20. The van der Waals surface area contributed by atoms with Crippen LogP contribution in [0, 0.1) is 0 Å². The lowest BCUT2D eigenvalue weighted by Crippen LogP contribution is -2.42. The molecule has 0 aromatic heterocycles. The molecule has 0 fully saturated rings. The minimum atomic E-state index is -1.17. The molecule has 0 aliphatic heterocycles. The number of aliphatic carboxylic acids is 1. The number of carboxylic acid groups (broad SMARTS) is 1. The van der Waals surface area contributed by atoms with Gasteiger partial charge in [-0.25, -0.2) is 4.79 Å². The molecule has 136 valence electrons. The third-order valence-electron chi connectivity index (χ3n) is 3.41. The van der Waals surface area contributed by atoms with Crippen molar-refractivity contribution in [3.8, 4) is 5.75 Å². The van der Waals surface area contributed by atoms with E-state index in [1.54, 1.807) is 18.2 Å². The highest BCUT2D eigenvalue weighted by atomic mass is 79.9. The number of rotatable bonds is 6. The van der Waals surface area contributed by atoms with Gasteiger partial charge in [0.2, 0.25) is 0 Å². The van der Waals surface area contributed by atoms with E-state index in [2.05, 4.69) is 21.2 Å². The van der Waals surface area contributed by atoms with E-state index in [0.29, 0.717) is 20.8 Å². The smallest absolute Gasteiger partial charge is 0.326 e. The molecule has 2 aromatic rings. The Kier molecular flexibility index (Phi) is 6.76. The number of ether oxygens (including phenoxy) is 1. The van der Waals surface area contributed by atoms with Gasteiger partial charge in [0, 0.05) is 28.4 Å². The molecule has 2 N–H and O–H groups in total. The number of benzene rings is 2. The highest BCUT2D eigenvalue weighted by Gasteiger charge is 2.22. The van der Waals surface area contributed by atoms with E-state index in [1.165, 1.54) is 31.2 Å². The van der Waals surface area contributed by atoms with Crippen molar-refractivity contribution in [3.63, 3.8) is 0 Å². The van der Waals surface area contributed by atoms with Gasteiger partial charge in [-0.2, -0.15) is 0 Å². The number of nitrogens with one attached hydrogen (secondary N) is 1. The Balaban J connectivity index is 2.11. The predicted molar refractivity (Wildman–Crippen MR) is 99.5 cm³/mol. The van der Waals surface area contributed by atoms with E-state index in [1.807, 2.05) is 0 Å². The summed E-state index contributed by atoms with van der Waals surface area (Å²) in [4.78, 5) is 34.7. The number of hydrogen-bond donors (Lipinski definition) is 2. The number of hydrogen-bond acceptors (Lipinski definition) is 4. The zero-order chi connectivity index (χ0) is 19.3. The van der Waals surface area contributed by atoms with Crippen LogP contribution >= 0.6 is 27.5 Å². The lowest BCUT2D eigenvalue weighted by Gasteiger charge is -2.16. The molecular weight excluding hydrogens is 426 g/mol. The SMILES string of the molecule is CC(=O)Oc1ccc(C(=O)N[C@H](Cc2cc(Cl)ccc2Br)C(=O)O)cc1. The maximum atomic E-state index is 12.3. The summed E-state index contributed by atoms with van der Waals surface area (Å²) in [5, 5.41) is 12.4. The van der Waals surface area contributed by atoms with Crippen molar-refractivity contribution >= 4 is 45.4 Å². The highest BCUT2D eigenvalue weighted by molar-refractivity contribution is 9.10. The molecule has 0 bridgehead atoms. The van der Waals surface area contributed by atoms with Gasteiger partial charge in [-0.1, -0.05) is 27.5 Å². The molecule has 1 atom stereocenters. The lowest BCUT2D eigenvalue weighted by atomic mass is 10.1. The van der Waals surface area contributed by atoms with Crippen LogP contribution in [0.5, 0.6) is 5.75 Å². The van der Waals surface area contributed by atoms with Gasteiger partial charge in [-0.05, 0) is 48.0 Å². The molecule has 0 heterocycles. The molecule has 0 unspecified atom stereocenters. The second kappa shape index (κ2) is 8.82. The van der Waals surface area contributed by atoms with Crippen molar-refractivity contribution in [3.05, 3.63) is 63.1 Å². The molecule has 2 aromatic carbocycles. The largest absolute Gasteiger partial charge is 0.480 e. The normalized spacial score (nSPS) is 11.5. The van der Waals surface area contributed by atoms with Crippen LogP contribution in [0.15, 0.2) is 46.9 Å². The van der Waals surface area contributed by atoms with Crippen LogP contribution in [0.3, 0.4) is 0 Å². The van der Waals surface area contributed by atoms with Gasteiger partial charge in [-0.3, -0.25) is 9.59 Å². The van der Waals surface area contributed by atoms with Gasteiger partial charge in [0.25, 0.3) is 5.91 Å². The van der Waals surface area contributed by atoms with Gasteiger partial charge < -0.3 is 15.2 Å². The first-order valence-corrected chi connectivity index (χ1v) is 8.69. The van der Waals surface area contributed by atoms with Crippen LogP contribution in [0.1, 0.15) is 22.8 Å². The molecule has 0 spiro atoms. The maximum Gasteiger partial charge on any atom is 0.326 e. The molecule has 6 nitrogen and oxygen atoms in total. The number of amides is 1. The standard InChI is InChI=1S/C18H15BrClNO5/c1-10(22)26-14-5-2-11(3-6-14)17(23)21-16(18(24)25)9-12-8-13(20)4-7-15(12)19/h2-8,16H,9H2,1H3,(H,21,23)(H,24,25)/t16-/m1/s1. The van der Waals surface area contributed by atoms with E-state index in [4.69, 9.17) is 16.3 Å². The molecule has 8 heteroatoms. The van der Waals surface area contributed by atoms with Gasteiger partial charge >= 0.3 is 11.9 Å². The average Bonchev–Trinajstić information content (AvgIpc) is 2.57. The average molecular weight is 441 g/mol. The fraction of sp³-hybridized carbons (Fsp3) is 0.167. The zero-order valence-electron chi connectivity index (χ0n) is 13.7.